The molecule has 0 saturated carbocycles. The lowest BCUT2D eigenvalue weighted by atomic mass is 10.0. The highest BCUT2D eigenvalue weighted by Gasteiger charge is 2.20. The molecule has 0 radical (unpaired) electrons. The summed E-state index contributed by atoms with van der Waals surface area (Å²) < 4.78 is 15.9. The first-order valence-electron chi connectivity index (χ1n) is 9.11. The summed E-state index contributed by atoms with van der Waals surface area (Å²) in [6, 6.07) is 10.7. The molecular formula is C22H27NO5. The fourth-order valence-corrected chi connectivity index (χ4v) is 2.75. The first-order valence-corrected chi connectivity index (χ1v) is 9.11. The Bertz CT molecular complexity index is 860. The Morgan fingerprint density at radius 2 is 1.68 bits per heavy atom. The van der Waals surface area contributed by atoms with Crippen molar-refractivity contribution >= 4 is 17.6 Å². The third-order valence-electron chi connectivity index (χ3n) is 4.34. The molecule has 0 unspecified atom stereocenters. The molecule has 2 rings (SSSR count). The zero-order valence-electron chi connectivity index (χ0n) is 17.2. The molecule has 2 aromatic rings. The van der Waals surface area contributed by atoms with Crippen molar-refractivity contribution in [3.8, 4) is 11.5 Å². The predicted molar refractivity (Wildman–Crippen MR) is 108 cm³/mol. The number of carbonyl (C=O) groups is 2. The summed E-state index contributed by atoms with van der Waals surface area (Å²) in [7, 11) is 2.79. The van der Waals surface area contributed by atoms with Crippen molar-refractivity contribution < 1.29 is 23.8 Å². The van der Waals surface area contributed by atoms with Crippen molar-refractivity contribution in [2.24, 2.45) is 0 Å². The average molecular weight is 385 g/mol. The highest BCUT2D eigenvalue weighted by molar-refractivity contribution is 5.98. The number of anilines is 1. The van der Waals surface area contributed by atoms with E-state index in [4.69, 9.17) is 14.2 Å². The molecule has 0 saturated heterocycles. The van der Waals surface area contributed by atoms with Crippen LogP contribution in [-0.4, -0.2) is 32.2 Å². The fourth-order valence-electron chi connectivity index (χ4n) is 2.75. The molecule has 0 aliphatic heterocycles. The van der Waals surface area contributed by atoms with Crippen LogP contribution in [-0.2, 0) is 9.53 Å². The number of aryl methyl sites for hydroxylation is 1. The number of hydrogen-bond acceptors (Lipinski definition) is 5. The van der Waals surface area contributed by atoms with E-state index < -0.39 is 12.1 Å². The molecule has 2 aromatic carbocycles. The quantitative estimate of drug-likeness (QED) is 0.719. The summed E-state index contributed by atoms with van der Waals surface area (Å²) in [6.45, 7) is 7.81. The number of carbonyl (C=O) groups excluding carboxylic acids is 2. The third-order valence-corrected chi connectivity index (χ3v) is 4.34. The molecule has 6 heteroatoms. The van der Waals surface area contributed by atoms with Gasteiger partial charge in [0, 0.05) is 0 Å². The van der Waals surface area contributed by atoms with Crippen LogP contribution in [0.5, 0.6) is 11.5 Å². The maximum Gasteiger partial charge on any atom is 0.337 e. The van der Waals surface area contributed by atoms with Crippen LogP contribution in [0.1, 0.15) is 48.2 Å². The van der Waals surface area contributed by atoms with E-state index in [1.54, 1.807) is 19.1 Å². The van der Waals surface area contributed by atoms with Crippen molar-refractivity contribution in [3.05, 3.63) is 53.1 Å². The molecule has 0 spiro atoms. The summed E-state index contributed by atoms with van der Waals surface area (Å²) in [5, 5.41) is 2.77. The molecule has 1 amide bonds. The van der Waals surface area contributed by atoms with E-state index in [1.165, 1.54) is 20.3 Å². The van der Waals surface area contributed by atoms with E-state index in [0.717, 1.165) is 11.1 Å². The summed E-state index contributed by atoms with van der Waals surface area (Å²) in [5.41, 5.74) is 2.78. The Hall–Kier alpha value is -3.02. The van der Waals surface area contributed by atoms with Crippen LogP contribution in [0.25, 0.3) is 0 Å². The Balaban J connectivity index is 2.21. The van der Waals surface area contributed by atoms with Gasteiger partial charge in [0.2, 0.25) is 0 Å². The van der Waals surface area contributed by atoms with Crippen LogP contribution in [0.4, 0.5) is 5.69 Å². The number of benzene rings is 2. The first-order chi connectivity index (χ1) is 13.3. The van der Waals surface area contributed by atoms with Crippen LogP contribution in [0.2, 0.25) is 0 Å². The Morgan fingerprint density at radius 3 is 2.29 bits per heavy atom. The van der Waals surface area contributed by atoms with Crippen LogP contribution in [0.15, 0.2) is 36.4 Å². The van der Waals surface area contributed by atoms with Gasteiger partial charge in [-0.1, -0.05) is 26.0 Å². The normalized spacial score (nSPS) is 11.7. The minimum Gasteiger partial charge on any atom is -0.495 e. The maximum absolute atomic E-state index is 12.7. The molecular weight excluding hydrogens is 358 g/mol. The molecule has 0 aliphatic carbocycles. The lowest BCUT2D eigenvalue weighted by molar-refractivity contribution is -0.122. The summed E-state index contributed by atoms with van der Waals surface area (Å²) in [5.74, 6) is 0.544. The highest BCUT2D eigenvalue weighted by Crippen LogP contribution is 2.29. The van der Waals surface area contributed by atoms with Gasteiger partial charge >= 0.3 is 5.97 Å². The van der Waals surface area contributed by atoms with Gasteiger partial charge in [-0.2, -0.15) is 0 Å². The number of rotatable bonds is 7. The Labute approximate surface area is 165 Å². The summed E-state index contributed by atoms with van der Waals surface area (Å²) in [4.78, 5) is 24.5. The van der Waals surface area contributed by atoms with E-state index >= 15 is 0 Å². The zero-order valence-corrected chi connectivity index (χ0v) is 17.2. The van der Waals surface area contributed by atoms with Crippen LogP contribution in [0, 0.1) is 6.92 Å². The minimum atomic E-state index is -0.745. The zero-order chi connectivity index (χ0) is 20.8. The third kappa shape index (κ3) is 5.03. The van der Waals surface area contributed by atoms with Gasteiger partial charge in [0.05, 0.1) is 25.5 Å². The second-order valence-corrected chi connectivity index (χ2v) is 6.85. The standard InChI is InChI=1S/C22H27NO5/c1-13(2)17-9-7-14(3)11-20(17)28-15(4)21(24)23-18-12-16(22(25)27-6)8-10-19(18)26-5/h7-13,15H,1-6H3,(H,23,24)/t15-/m0/s1. The van der Waals surface area contributed by atoms with E-state index in [-0.39, 0.29) is 11.8 Å². The number of nitrogens with one attached hydrogen (secondary N) is 1. The maximum atomic E-state index is 12.7. The molecule has 0 heterocycles. The van der Waals surface area contributed by atoms with Crippen molar-refractivity contribution in [2.45, 2.75) is 39.7 Å². The molecule has 1 atom stereocenters. The van der Waals surface area contributed by atoms with Crippen LogP contribution < -0.4 is 14.8 Å². The number of methoxy groups -OCH3 is 2. The second-order valence-electron chi connectivity index (χ2n) is 6.85. The predicted octanol–water partition coefficient (Wildman–Crippen LogP) is 4.32. The van der Waals surface area contributed by atoms with Gasteiger partial charge in [0.25, 0.3) is 5.91 Å². The number of esters is 1. The van der Waals surface area contributed by atoms with Gasteiger partial charge in [-0.25, -0.2) is 4.79 Å². The first kappa shape index (κ1) is 21.3. The topological polar surface area (TPSA) is 73.9 Å². The molecule has 6 nitrogen and oxygen atoms in total. The van der Waals surface area contributed by atoms with Crippen LogP contribution in [0.3, 0.4) is 0 Å². The van der Waals surface area contributed by atoms with E-state index in [1.807, 2.05) is 25.1 Å². The summed E-state index contributed by atoms with van der Waals surface area (Å²) in [6.07, 6.45) is -0.745. The van der Waals surface area contributed by atoms with Gasteiger partial charge in [-0.3, -0.25) is 4.79 Å². The molecule has 150 valence electrons. The molecule has 28 heavy (non-hydrogen) atoms. The number of hydrogen-bond donors (Lipinski definition) is 1. The second kappa shape index (κ2) is 9.26. The van der Waals surface area contributed by atoms with Crippen molar-refractivity contribution in [3.63, 3.8) is 0 Å². The van der Waals surface area contributed by atoms with Gasteiger partial charge < -0.3 is 19.5 Å². The highest BCUT2D eigenvalue weighted by atomic mass is 16.5. The van der Waals surface area contributed by atoms with E-state index in [9.17, 15) is 9.59 Å². The largest absolute Gasteiger partial charge is 0.495 e. The lowest BCUT2D eigenvalue weighted by Crippen LogP contribution is -2.30. The van der Waals surface area contributed by atoms with Crippen molar-refractivity contribution in [1.29, 1.82) is 0 Å². The smallest absolute Gasteiger partial charge is 0.337 e. The molecule has 0 aromatic heterocycles. The van der Waals surface area contributed by atoms with Gasteiger partial charge in [0.1, 0.15) is 11.5 Å². The molecule has 0 fully saturated rings. The molecule has 0 aliphatic rings. The fraction of sp³-hybridized carbons (Fsp3) is 0.364. The Kier molecular flexibility index (Phi) is 7.04. The van der Waals surface area contributed by atoms with Gasteiger partial charge in [-0.05, 0) is 55.2 Å². The number of amides is 1. The number of ether oxygens (including phenoxy) is 3. The Morgan fingerprint density at radius 1 is 0.964 bits per heavy atom. The summed E-state index contributed by atoms with van der Waals surface area (Å²) >= 11 is 0. The SMILES string of the molecule is COC(=O)c1ccc(OC)c(NC(=O)[C@H](C)Oc2cc(C)ccc2C(C)C)c1. The monoisotopic (exact) mass is 385 g/mol. The van der Waals surface area contributed by atoms with E-state index in [2.05, 4.69) is 19.2 Å². The van der Waals surface area contributed by atoms with Crippen LogP contribution >= 0.6 is 0 Å². The molecule has 1 N–H and O–H groups in total. The molecule has 0 bridgehead atoms. The van der Waals surface area contributed by atoms with Gasteiger partial charge in [0.15, 0.2) is 6.10 Å². The van der Waals surface area contributed by atoms with Crippen molar-refractivity contribution in [2.75, 3.05) is 19.5 Å². The lowest BCUT2D eigenvalue weighted by Gasteiger charge is -2.20. The van der Waals surface area contributed by atoms with E-state index in [0.29, 0.717) is 22.7 Å². The van der Waals surface area contributed by atoms with Gasteiger partial charge in [-0.15, -0.1) is 0 Å². The average Bonchev–Trinajstić information content (AvgIpc) is 2.66. The minimum absolute atomic E-state index is 0.266. The van der Waals surface area contributed by atoms with Crippen molar-refractivity contribution in [1.82, 2.24) is 0 Å².